The van der Waals surface area contributed by atoms with Crippen LogP contribution in [0.5, 0.6) is 5.75 Å². The van der Waals surface area contributed by atoms with E-state index in [2.05, 4.69) is 15.9 Å². The van der Waals surface area contributed by atoms with Crippen LogP contribution in [0.15, 0.2) is 22.7 Å². The van der Waals surface area contributed by atoms with E-state index in [4.69, 9.17) is 15.2 Å². The lowest BCUT2D eigenvalue weighted by Gasteiger charge is -2.19. The summed E-state index contributed by atoms with van der Waals surface area (Å²) in [5, 5.41) is 0. The SMILES string of the molecule is CCOc1ccc(C(N)C2CCOC2)cc1Br. The second-order valence-electron chi connectivity index (χ2n) is 4.27. The van der Waals surface area contributed by atoms with Gasteiger partial charge in [-0.05, 0) is 47.0 Å². The highest BCUT2D eigenvalue weighted by molar-refractivity contribution is 9.10. The molecule has 0 radical (unpaired) electrons. The Hall–Kier alpha value is -0.580. The standard InChI is InChI=1S/C13H18BrNO2/c1-2-17-12-4-3-9(7-11(12)14)13(15)10-5-6-16-8-10/h3-4,7,10,13H,2,5-6,8,15H2,1H3. The van der Waals surface area contributed by atoms with Gasteiger partial charge >= 0.3 is 0 Å². The fourth-order valence-corrected chi connectivity index (χ4v) is 2.62. The van der Waals surface area contributed by atoms with Crippen LogP contribution in [0.1, 0.15) is 24.9 Å². The van der Waals surface area contributed by atoms with Crippen molar-refractivity contribution in [1.29, 1.82) is 0 Å². The van der Waals surface area contributed by atoms with Crippen molar-refractivity contribution in [1.82, 2.24) is 0 Å². The number of hydrogen-bond donors (Lipinski definition) is 1. The summed E-state index contributed by atoms with van der Waals surface area (Å²) in [4.78, 5) is 0. The summed E-state index contributed by atoms with van der Waals surface area (Å²) >= 11 is 3.51. The Balaban J connectivity index is 2.12. The van der Waals surface area contributed by atoms with E-state index in [1.807, 2.05) is 25.1 Å². The molecule has 0 amide bonds. The fraction of sp³-hybridized carbons (Fsp3) is 0.538. The first-order valence-electron chi connectivity index (χ1n) is 5.98. The van der Waals surface area contributed by atoms with E-state index in [9.17, 15) is 0 Å². The van der Waals surface area contributed by atoms with Crippen molar-refractivity contribution in [3.05, 3.63) is 28.2 Å². The van der Waals surface area contributed by atoms with Gasteiger partial charge in [-0.2, -0.15) is 0 Å². The maximum Gasteiger partial charge on any atom is 0.133 e. The third-order valence-corrected chi connectivity index (χ3v) is 3.73. The van der Waals surface area contributed by atoms with Crippen LogP contribution < -0.4 is 10.5 Å². The maximum absolute atomic E-state index is 6.25. The third kappa shape index (κ3) is 3.00. The molecular formula is C13H18BrNO2. The lowest BCUT2D eigenvalue weighted by atomic mass is 9.93. The molecule has 2 atom stereocenters. The van der Waals surface area contributed by atoms with E-state index >= 15 is 0 Å². The highest BCUT2D eigenvalue weighted by Gasteiger charge is 2.24. The van der Waals surface area contributed by atoms with Gasteiger partial charge in [0.15, 0.2) is 0 Å². The maximum atomic E-state index is 6.25. The molecule has 1 aliphatic rings. The Morgan fingerprint density at radius 1 is 1.59 bits per heavy atom. The number of benzene rings is 1. The summed E-state index contributed by atoms with van der Waals surface area (Å²) in [6, 6.07) is 6.11. The molecule has 0 spiro atoms. The van der Waals surface area contributed by atoms with Gasteiger partial charge in [0.1, 0.15) is 5.75 Å². The van der Waals surface area contributed by atoms with E-state index in [0.29, 0.717) is 12.5 Å². The molecule has 0 aromatic heterocycles. The zero-order valence-corrected chi connectivity index (χ0v) is 11.6. The Kier molecular flexibility index (Phi) is 4.42. The molecule has 1 fully saturated rings. The smallest absolute Gasteiger partial charge is 0.133 e. The second-order valence-corrected chi connectivity index (χ2v) is 5.13. The fourth-order valence-electron chi connectivity index (χ4n) is 2.11. The zero-order chi connectivity index (χ0) is 12.3. The quantitative estimate of drug-likeness (QED) is 0.930. The zero-order valence-electron chi connectivity index (χ0n) is 9.99. The first-order chi connectivity index (χ1) is 8.22. The summed E-state index contributed by atoms with van der Waals surface area (Å²) in [6.07, 6.45) is 1.05. The first-order valence-corrected chi connectivity index (χ1v) is 6.77. The molecule has 2 rings (SSSR count). The normalized spacial score (nSPS) is 21.5. The minimum atomic E-state index is 0.0458. The monoisotopic (exact) mass is 299 g/mol. The van der Waals surface area contributed by atoms with Gasteiger partial charge in [0.05, 0.1) is 17.7 Å². The average molecular weight is 300 g/mol. The van der Waals surface area contributed by atoms with Gasteiger partial charge in [0.25, 0.3) is 0 Å². The molecule has 0 saturated carbocycles. The van der Waals surface area contributed by atoms with Gasteiger partial charge in [0, 0.05) is 18.6 Å². The predicted octanol–water partition coefficient (Wildman–Crippen LogP) is 2.88. The van der Waals surface area contributed by atoms with Crippen molar-refractivity contribution in [3.63, 3.8) is 0 Å². The third-order valence-electron chi connectivity index (χ3n) is 3.11. The Bertz CT molecular complexity index is 378. The summed E-state index contributed by atoms with van der Waals surface area (Å²) in [7, 11) is 0. The van der Waals surface area contributed by atoms with Gasteiger partial charge in [0.2, 0.25) is 0 Å². The van der Waals surface area contributed by atoms with Crippen LogP contribution in [-0.4, -0.2) is 19.8 Å². The number of rotatable bonds is 4. The van der Waals surface area contributed by atoms with Crippen molar-refractivity contribution in [3.8, 4) is 5.75 Å². The van der Waals surface area contributed by atoms with E-state index < -0.39 is 0 Å². The summed E-state index contributed by atoms with van der Waals surface area (Å²) < 4.78 is 11.8. The minimum Gasteiger partial charge on any atom is -0.493 e. The topological polar surface area (TPSA) is 44.5 Å². The molecule has 94 valence electrons. The molecule has 4 heteroatoms. The number of hydrogen-bond acceptors (Lipinski definition) is 3. The lowest BCUT2D eigenvalue weighted by molar-refractivity contribution is 0.181. The number of halogens is 1. The van der Waals surface area contributed by atoms with Gasteiger partial charge in [-0.15, -0.1) is 0 Å². The average Bonchev–Trinajstić information content (AvgIpc) is 2.84. The molecule has 2 N–H and O–H groups in total. The van der Waals surface area contributed by atoms with Crippen molar-refractivity contribution >= 4 is 15.9 Å². The first kappa shape index (κ1) is 12.9. The van der Waals surface area contributed by atoms with Crippen LogP contribution in [-0.2, 0) is 4.74 Å². The largest absolute Gasteiger partial charge is 0.493 e. The molecule has 3 nitrogen and oxygen atoms in total. The van der Waals surface area contributed by atoms with Crippen LogP contribution in [0.3, 0.4) is 0 Å². The molecule has 17 heavy (non-hydrogen) atoms. The van der Waals surface area contributed by atoms with Gasteiger partial charge < -0.3 is 15.2 Å². The Labute approximate surface area is 110 Å². The number of ether oxygens (including phenoxy) is 2. The summed E-state index contributed by atoms with van der Waals surface area (Å²) in [6.45, 7) is 4.24. The Morgan fingerprint density at radius 3 is 3.00 bits per heavy atom. The van der Waals surface area contributed by atoms with Crippen molar-refractivity contribution in [2.75, 3.05) is 19.8 Å². The van der Waals surface area contributed by atoms with E-state index in [0.717, 1.165) is 35.4 Å². The molecule has 1 aromatic rings. The summed E-state index contributed by atoms with van der Waals surface area (Å²) in [5.74, 6) is 1.30. The summed E-state index contributed by atoms with van der Waals surface area (Å²) in [5.41, 5.74) is 7.39. The number of nitrogens with two attached hydrogens (primary N) is 1. The van der Waals surface area contributed by atoms with Crippen molar-refractivity contribution < 1.29 is 9.47 Å². The van der Waals surface area contributed by atoms with Crippen molar-refractivity contribution in [2.24, 2.45) is 11.7 Å². The molecule has 1 saturated heterocycles. The molecule has 1 heterocycles. The van der Waals surface area contributed by atoms with Gasteiger partial charge in [-0.25, -0.2) is 0 Å². The second kappa shape index (κ2) is 5.85. The van der Waals surface area contributed by atoms with E-state index in [1.54, 1.807) is 0 Å². The van der Waals surface area contributed by atoms with Crippen LogP contribution in [0, 0.1) is 5.92 Å². The minimum absolute atomic E-state index is 0.0458. The Morgan fingerprint density at radius 2 is 2.41 bits per heavy atom. The predicted molar refractivity (Wildman–Crippen MR) is 71.2 cm³/mol. The molecule has 1 aliphatic heterocycles. The van der Waals surface area contributed by atoms with Crippen LogP contribution in [0.4, 0.5) is 0 Å². The van der Waals surface area contributed by atoms with Gasteiger partial charge in [-0.1, -0.05) is 6.07 Å². The molecule has 2 unspecified atom stereocenters. The highest BCUT2D eigenvalue weighted by Crippen LogP contribution is 2.32. The van der Waals surface area contributed by atoms with Crippen LogP contribution >= 0.6 is 15.9 Å². The van der Waals surface area contributed by atoms with Crippen LogP contribution in [0.2, 0.25) is 0 Å². The molecule has 0 aliphatic carbocycles. The van der Waals surface area contributed by atoms with E-state index in [-0.39, 0.29) is 6.04 Å². The molecular weight excluding hydrogens is 282 g/mol. The molecule has 0 bridgehead atoms. The van der Waals surface area contributed by atoms with Crippen LogP contribution in [0.25, 0.3) is 0 Å². The van der Waals surface area contributed by atoms with E-state index in [1.165, 1.54) is 0 Å². The molecule has 1 aromatic carbocycles. The lowest BCUT2D eigenvalue weighted by Crippen LogP contribution is -2.21. The highest BCUT2D eigenvalue weighted by atomic mass is 79.9. The van der Waals surface area contributed by atoms with Gasteiger partial charge in [-0.3, -0.25) is 0 Å². The van der Waals surface area contributed by atoms with Crippen molar-refractivity contribution in [2.45, 2.75) is 19.4 Å².